The second-order valence-electron chi connectivity index (χ2n) is 4.71. The SMILES string of the molecule is c1ccc(Cn2cnc3c(N4CC4)ncnc32)cc1. The molecule has 5 heteroatoms. The Balaban J connectivity index is 1.77. The van der Waals surface area contributed by atoms with Crippen LogP contribution < -0.4 is 4.90 Å². The van der Waals surface area contributed by atoms with Crippen LogP contribution in [0.25, 0.3) is 11.2 Å². The number of anilines is 1. The van der Waals surface area contributed by atoms with Crippen LogP contribution in [0, 0.1) is 0 Å². The van der Waals surface area contributed by atoms with Crippen LogP contribution in [0.4, 0.5) is 5.82 Å². The molecule has 0 bridgehead atoms. The van der Waals surface area contributed by atoms with E-state index in [1.165, 1.54) is 5.56 Å². The number of hydrogen-bond acceptors (Lipinski definition) is 4. The Morgan fingerprint density at radius 1 is 1.00 bits per heavy atom. The zero-order valence-electron chi connectivity index (χ0n) is 10.4. The molecular weight excluding hydrogens is 238 g/mol. The van der Waals surface area contributed by atoms with Crippen molar-refractivity contribution in [3.8, 4) is 0 Å². The fourth-order valence-electron chi connectivity index (χ4n) is 2.26. The number of rotatable bonds is 3. The van der Waals surface area contributed by atoms with E-state index in [-0.39, 0.29) is 0 Å². The minimum Gasteiger partial charge on any atom is -0.351 e. The lowest BCUT2D eigenvalue weighted by molar-refractivity contribution is 0.813. The molecule has 1 aliphatic rings. The Morgan fingerprint density at radius 3 is 2.63 bits per heavy atom. The van der Waals surface area contributed by atoms with Gasteiger partial charge in [0.25, 0.3) is 0 Å². The van der Waals surface area contributed by atoms with Gasteiger partial charge in [0, 0.05) is 13.1 Å². The molecule has 1 saturated heterocycles. The molecule has 5 nitrogen and oxygen atoms in total. The third-order valence-corrected chi connectivity index (χ3v) is 3.32. The smallest absolute Gasteiger partial charge is 0.165 e. The van der Waals surface area contributed by atoms with Gasteiger partial charge in [-0.05, 0) is 5.56 Å². The van der Waals surface area contributed by atoms with Gasteiger partial charge in [0.15, 0.2) is 17.0 Å². The lowest BCUT2D eigenvalue weighted by atomic mass is 10.2. The molecule has 0 N–H and O–H groups in total. The van der Waals surface area contributed by atoms with E-state index < -0.39 is 0 Å². The maximum atomic E-state index is 4.47. The third-order valence-electron chi connectivity index (χ3n) is 3.32. The van der Waals surface area contributed by atoms with E-state index in [9.17, 15) is 0 Å². The molecule has 94 valence electrons. The number of benzene rings is 1. The highest BCUT2D eigenvalue weighted by Crippen LogP contribution is 2.25. The summed E-state index contributed by atoms with van der Waals surface area (Å²) in [5, 5.41) is 0. The van der Waals surface area contributed by atoms with Gasteiger partial charge in [-0.3, -0.25) is 0 Å². The average molecular weight is 251 g/mol. The first kappa shape index (κ1) is 10.5. The van der Waals surface area contributed by atoms with Crippen LogP contribution in [0.15, 0.2) is 43.0 Å². The highest BCUT2D eigenvalue weighted by molar-refractivity contribution is 5.84. The fraction of sp³-hybridized carbons (Fsp3) is 0.214. The molecule has 2 aromatic heterocycles. The quantitative estimate of drug-likeness (QED) is 0.665. The molecule has 0 unspecified atom stereocenters. The second kappa shape index (κ2) is 4.05. The zero-order valence-corrected chi connectivity index (χ0v) is 10.4. The molecule has 3 heterocycles. The van der Waals surface area contributed by atoms with Crippen molar-refractivity contribution in [2.75, 3.05) is 18.0 Å². The molecule has 1 aromatic carbocycles. The first-order valence-electron chi connectivity index (χ1n) is 6.36. The maximum absolute atomic E-state index is 4.47. The molecule has 19 heavy (non-hydrogen) atoms. The Morgan fingerprint density at radius 2 is 1.84 bits per heavy atom. The van der Waals surface area contributed by atoms with Crippen molar-refractivity contribution >= 4 is 17.0 Å². The fourth-order valence-corrected chi connectivity index (χ4v) is 2.26. The molecule has 3 aromatic rings. The number of hydrogen-bond donors (Lipinski definition) is 0. The first-order valence-corrected chi connectivity index (χ1v) is 6.36. The molecule has 0 radical (unpaired) electrons. The molecule has 0 aliphatic carbocycles. The summed E-state index contributed by atoms with van der Waals surface area (Å²) in [4.78, 5) is 15.4. The van der Waals surface area contributed by atoms with E-state index in [0.717, 1.165) is 36.6 Å². The molecule has 1 aliphatic heterocycles. The van der Waals surface area contributed by atoms with Crippen molar-refractivity contribution in [1.82, 2.24) is 19.5 Å². The van der Waals surface area contributed by atoms with E-state index in [4.69, 9.17) is 0 Å². The van der Waals surface area contributed by atoms with Gasteiger partial charge in [-0.25, -0.2) is 15.0 Å². The predicted octanol–water partition coefficient (Wildman–Crippen LogP) is 1.69. The number of aromatic nitrogens is 4. The molecule has 0 amide bonds. The molecule has 0 atom stereocenters. The summed E-state index contributed by atoms with van der Waals surface area (Å²) in [6.07, 6.45) is 3.47. The van der Waals surface area contributed by atoms with Crippen molar-refractivity contribution in [2.45, 2.75) is 6.54 Å². The molecule has 4 rings (SSSR count). The number of nitrogens with zero attached hydrogens (tertiary/aromatic N) is 5. The van der Waals surface area contributed by atoms with E-state index in [0.29, 0.717) is 0 Å². The van der Waals surface area contributed by atoms with Crippen molar-refractivity contribution in [3.63, 3.8) is 0 Å². The Kier molecular flexibility index (Phi) is 2.24. The highest BCUT2D eigenvalue weighted by Gasteiger charge is 2.23. The monoisotopic (exact) mass is 251 g/mol. The Labute approximate surface area is 110 Å². The van der Waals surface area contributed by atoms with Crippen LogP contribution in [-0.2, 0) is 6.54 Å². The number of imidazole rings is 1. The van der Waals surface area contributed by atoms with E-state index in [1.807, 2.05) is 24.5 Å². The molecule has 0 saturated carbocycles. The van der Waals surface area contributed by atoms with Crippen molar-refractivity contribution in [1.29, 1.82) is 0 Å². The van der Waals surface area contributed by atoms with Gasteiger partial charge in [-0.2, -0.15) is 0 Å². The Bertz CT molecular complexity index is 715. The third kappa shape index (κ3) is 1.83. The van der Waals surface area contributed by atoms with Gasteiger partial charge < -0.3 is 9.47 Å². The van der Waals surface area contributed by atoms with Gasteiger partial charge in [-0.1, -0.05) is 30.3 Å². The van der Waals surface area contributed by atoms with Gasteiger partial charge in [0.1, 0.15) is 6.33 Å². The van der Waals surface area contributed by atoms with Crippen LogP contribution in [0.1, 0.15) is 5.56 Å². The lowest BCUT2D eigenvalue weighted by Crippen LogP contribution is -2.01. The van der Waals surface area contributed by atoms with Gasteiger partial charge in [-0.15, -0.1) is 0 Å². The topological polar surface area (TPSA) is 46.6 Å². The standard InChI is InChI=1S/C14H13N5/c1-2-4-11(5-3-1)8-19-10-17-12-13(18-6-7-18)15-9-16-14(12)19/h1-5,9-10H,6-8H2. The molecule has 0 spiro atoms. The number of fused-ring (bicyclic) bond motifs is 1. The lowest BCUT2D eigenvalue weighted by Gasteiger charge is -2.05. The largest absolute Gasteiger partial charge is 0.351 e. The summed E-state index contributed by atoms with van der Waals surface area (Å²) in [5.74, 6) is 0.955. The summed E-state index contributed by atoms with van der Waals surface area (Å²) in [5.41, 5.74) is 3.05. The van der Waals surface area contributed by atoms with E-state index in [2.05, 4.69) is 36.6 Å². The Hall–Kier alpha value is -2.43. The van der Waals surface area contributed by atoms with Crippen LogP contribution >= 0.6 is 0 Å². The zero-order chi connectivity index (χ0) is 12.7. The van der Waals surface area contributed by atoms with Crippen LogP contribution in [-0.4, -0.2) is 32.6 Å². The highest BCUT2D eigenvalue weighted by atomic mass is 15.3. The van der Waals surface area contributed by atoms with Crippen LogP contribution in [0.2, 0.25) is 0 Å². The summed E-state index contributed by atoms with van der Waals surface area (Å²) in [6, 6.07) is 10.3. The van der Waals surface area contributed by atoms with Crippen LogP contribution in [0.5, 0.6) is 0 Å². The first-order chi connectivity index (χ1) is 9.42. The minimum absolute atomic E-state index is 0.786. The maximum Gasteiger partial charge on any atom is 0.165 e. The van der Waals surface area contributed by atoms with Crippen molar-refractivity contribution < 1.29 is 0 Å². The minimum atomic E-state index is 0.786. The molecule has 1 fully saturated rings. The average Bonchev–Trinajstić information content (AvgIpc) is 3.22. The van der Waals surface area contributed by atoms with Crippen molar-refractivity contribution in [2.24, 2.45) is 0 Å². The van der Waals surface area contributed by atoms with Gasteiger partial charge >= 0.3 is 0 Å². The van der Waals surface area contributed by atoms with Crippen molar-refractivity contribution in [3.05, 3.63) is 48.5 Å². The normalized spacial score (nSPS) is 14.0. The van der Waals surface area contributed by atoms with Gasteiger partial charge in [0.2, 0.25) is 0 Å². The summed E-state index contributed by atoms with van der Waals surface area (Å²) in [7, 11) is 0. The molecular formula is C14H13N5. The van der Waals surface area contributed by atoms with Crippen LogP contribution in [0.3, 0.4) is 0 Å². The van der Waals surface area contributed by atoms with E-state index >= 15 is 0 Å². The van der Waals surface area contributed by atoms with Gasteiger partial charge in [0.05, 0.1) is 12.9 Å². The van der Waals surface area contributed by atoms with E-state index in [1.54, 1.807) is 6.33 Å². The summed E-state index contributed by atoms with van der Waals surface area (Å²) < 4.78 is 2.07. The summed E-state index contributed by atoms with van der Waals surface area (Å²) >= 11 is 0. The summed E-state index contributed by atoms with van der Waals surface area (Å²) in [6.45, 7) is 2.92. The predicted molar refractivity (Wildman–Crippen MR) is 73.1 cm³/mol. The second-order valence-corrected chi connectivity index (χ2v) is 4.71.